The van der Waals surface area contributed by atoms with Gasteiger partial charge in [-0.05, 0) is 42.4 Å². The van der Waals surface area contributed by atoms with E-state index in [1.807, 2.05) is 13.8 Å². The zero-order chi connectivity index (χ0) is 21.9. The van der Waals surface area contributed by atoms with Crippen LogP contribution in [0.4, 0.5) is 4.39 Å². The highest BCUT2D eigenvalue weighted by Crippen LogP contribution is 2.64. The van der Waals surface area contributed by atoms with Crippen LogP contribution in [-0.4, -0.2) is 63.2 Å². The molecule has 0 aromatic heterocycles. The molecule has 2 aliphatic carbocycles. The van der Waals surface area contributed by atoms with Gasteiger partial charge in [-0.3, -0.25) is 4.79 Å². The average molecular weight is 459 g/mol. The lowest BCUT2D eigenvalue weighted by molar-refractivity contribution is -0.128. The second-order valence-corrected chi connectivity index (χ2v) is 13.1. The van der Waals surface area contributed by atoms with Gasteiger partial charge in [0.15, 0.2) is 0 Å². The first-order valence-corrected chi connectivity index (χ1v) is 13.2. The fraction of sp³-hybridized carbons (Fsp3) is 0.650. The van der Waals surface area contributed by atoms with Crippen LogP contribution < -0.4 is 0 Å². The maximum absolute atomic E-state index is 13.4. The number of ketones is 1. The first kappa shape index (κ1) is 21.9. The largest absolute Gasteiger partial charge is 0.299 e. The van der Waals surface area contributed by atoms with Crippen molar-refractivity contribution in [1.29, 1.82) is 0 Å². The number of Topliss-reactive ketones (excluding diaryl/α,β-unsaturated/α-hetero) is 1. The molecule has 1 aromatic carbocycles. The SMILES string of the molecule is CC1(C)C2CCC1(CS(=O)(=O)N1CCN(S(=O)(=O)c3cccc(F)c3)CC1)C(=O)C2. The molecule has 10 heteroatoms. The third-order valence-electron chi connectivity index (χ3n) is 7.59. The van der Waals surface area contributed by atoms with Crippen molar-refractivity contribution < 1.29 is 26.0 Å². The molecule has 0 amide bonds. The number of carbonyl (C=O) groups is 1. The molecule has 1 heterocycles. The molecule has 1 aliphatic heterocycles. The Morgan fingerprint density at radius 2 is 1.70 bits per heavy atom. The van der Waals surface area contributed by atoms with Gasteiger partial charge in [-0.15, -0.1) is 0 Å². The summed E-state index contributed by atoms with van der Waals surface area (Å²) < 4.78 is 67.8. The first-order valence-electron chi connectivity index (χ1n) is 10.2. The Hall–Kier alpha value is -1.36. The van der Waals surface area contributed by atoms with Gasteiger partial charge in [0.05, 0.1) is 10.6 Å². The van der Waals surface area contributed by atoms with Crippen molar-refractivity contribution in [3.8, 4) is 0 Å². The fourth-order valence-electron chi connectivity index (χ4n) is 5.48. The van der Waals surface area contributed by atoms with Gasteiger partial charge in [0, 0.05) is 38.0 Å². The second kappa shape index (κ2) is 7.08. The lowest BCUT2D eigenvalue weighted by Crippen LogP contribution is -2.53. The van der Waals surface area contributed by atoms with E-state index < -0.39 is 31.3 Å². The highest BCUT2D eigenvalue weighted by Gasteiger charge is 2.65. The van der Waals surface area contributed by atoms with Crippen LogP contribution in [0.3, 0.4) is 0 Å². The van der Waals surface area contributed by atoms with Crippen molar-refractivity contribution in [2.75, 3.05) is 31.9 Å². The predicted octanol–water partition coefficient (Wildman–Crippen LogP) is 1.86. The molecule has 2 saturated carbocycles. The van der Waals surface area contributed by atoms with Gasteiger partial charge in [-0.2, -0.15) is 8.61 Å². The van der Waals surface area contributed by atoms with E-state index in [2.05, 4.69) is 0 Å². The molecule has 30 heavy (non-hydrogen) atoms. The maximum atomic E-state index is 13.4. The van der Waals surface area contributed by atoms with Crippen LogP contribution in [0.5, 0.6) is 0 Å². The molecule has 4 rings (SSSR count). The van der Waals surface area contributed by atoms with Gasteiger partial charge in [0.25, 0.3) is 0 Å². The van der Waals surface area contributed by atoms with Crippen LogP contribution in [-0.2, 0) is 24.8 Å². The normalized spacial score (nSPS) is 30.1. The van der Waals surface area contributed by atoms with Crippen molar-refractivity contribution in [3.63, 3.8) is 0 Å². The highest BCUT2D eigenvalue weighted by atomic mass is 32.2. The Morgan fingerprint density at radius 3 is 2.23 bits per heavy atom. The summed E-state index contributed by atoms with van der Waals surface area (Å²) in [5.41, 5.74) is -1.19. The van der Waals surface area contributed by atoms with Gasteiger partial charge in [-0.25, -0.2) is 21.2 Å². The Morgan fingerprint density at radius 1 is 1.07 bits per heavy atom. The van der Waals surface area contributed by atoms with Crippen molar-refractivity contribution in [3.05, 3.63) is 30.1 Å². The van der Waals surface area contributed by atoms with Crippen molar-refractivity contribution in [2.24, 2.45) is 16.7 Å². The smallest absolute Gasteiger partial charge is 0.243 e. The van der Waals surface area contributed by atoms with Crippen LogP contribution in [0.15, 0.2) is 29.2 Å². The van der Waals surface area contributed by atoms with E-state index in [0.29, 0.717) is 12.8 Å². The lowest BCUT2D eigenvalue weighted by atomic mass is 9.70. The lowest BCUT2D eigenvalue weighted by Gasteiger charge is -2.39. The van der Waals surface area contributed by atoms with Gasteiger partial charge < -0.3 is 0 Å². The molecular formula is C20H27FN2O5S2. The summed E-state index contributed by atoms with van der Waals surface area (Å²) in [5, 5.41) is 0. The number of piperazine rings is 1. The molecule has 2 atom stereocenters. The van der Waals surface area contributed by atoms with Crippen LogP contribution in [0.2, 0.25) is 0 Å². The van der Waals surface area contributed by atoms with Crippen molar-refractivity contribution in [2.45, 2.75) is 38.0 Å². The van der Waals surface area contributed by atoms with Gasteiger partial charge in [-0.1, -0.05) is 19.9 Å². The number of benzene rings is 1. The molecule has 0 N–H and O–H groups in total. The molecule has 7 nitrogen and oxygen atoms in total. The molecule has 1 aromatic rings. The Balaban J connectivity index is 1.48. The number of hydrogen-bond donors (Lipinski definition) is 0. The number of carbonyl (C=O) groups excluding carboxylic acids is 1. The molecule has 166 valence electrons. The summed E-state index contributed by atoms with van der Waals surface area (Å²) in [6, 6.07) is 4.78. The number of fused-ring (bicyclic) bond motifs is 2. The topological polar surface area (TPSA) is 91.8 Å². The molecule has 2 unspecified atom stereocenters. The standard InChI is InChI=1S/C20H27FN2O5S2/c1-19(2)15-6-7-20(19,18(24)12-15)14-29(25,26)22-8-10-23(11-9-22)30(27,28)17-5-3-4-16(21)13-17/h3-5,13,15H,6-12,14H2,1-2H3. The monoisotopic (exact) mass is 458 g/mol. The van der Waals surface area contributed by atoms with Crippen LogP contribution in [0, 0.1) is 22.6 Å². The van der Waals surface area contributed by atoms with Crippen molar-refractivity contribution >= 4 is 25.8 Å². The molecule has 3 fully saturated rings. The number of rotatable bonds is 5. The highest BCUT2D eigenvalue weighted by molar-refractivity contribution is 7.89. The molecule has 2 bridgehead atoms. The van der Waals surface area contributed by atoms with Gasteiger partial charge in [0.2, 0.25) is 20.0 Å². The summed E-state index contributed by atoms with van der Waals surface area (Å²) in [7, 11) is -7.62. The summed E-state index contributed by atoms with van der Waals surface area (Å²) >= 11 is 0. The van der Waals surface area contributed by atoms with Crippen LogP contribution in [0.25, 0.3) is 0 Å². The third-order valence-corrected chi connectivity index (χ3v) is 11.5. The quantitative estimate of drug-likeness (QED) is 0.672. The minimum absolute atomic E-state index is 0.00889. The molecule has 1 saturated heterocycles. The second-order valence-electron chi connectivity index (χ2n) is 9.18. The molecule has 0 spiro atoms. The predicted molar refractivity (Wildman–Crippen MR) is 109 cm³/mol. The molecule has 0 radical (unpaired) electrons. The third kappa shape index (κ3) is 3.23. The molecular weight excluding hydrogens is 431 g/mol. The zero-order valence-electron chi connectivity index (χ0n) is 17.2. The number of halogens is 1. The number of hydrogen-bond acceptors (Lipinski definition) is 5. The summed E-state index contributed by atoms with van der Waals surface area (Å²) in [6.07, 6.45) is 1.91. The Bertz CT molecular complexity index is 1080. The first-order chi connectivity index (χ1) is 13.9. The minimum atomic E-state index is -3.90. The van der Waals surface area contributed by atoms with E-state index in [1.54, 1.807) is 0 Å². The summed E-state index contributed by atoms with van der Waals surface area (Å²) in [5.74, 6) is -0.581. The van der Waals surface area contributed by atoms with Gasteiger partial charge >= 0.3 is 0 Å². The Labute approximate surface area is 177 Å². The van der Waals surface area contributed by atoms with E-state index in [-0.39, 0.29) is 53.9 Å². The van der Waals surface area contributed by atoms with Crippen LogP contribution >= 0.6 is 0 Å². The minimum Gasteiger partial charge on any atom is -0.299 e. The van der Waals surface area contributed by atoms with E-state index in [4.69, 9.17) is 0 Å². The number of sulfonamides is 2. The van der Waals surface area contributed by atoms with Crippen LogP contribution in [0.1, 0.15) is 33.1 Å². The maximum Gasteiger partial charge on any atom is 0.243 e. The van der Waals surface area contributed by atoms with E-state index in [9.17, 15) is 26.0 Å². The Kier molecular flexibility index (Phi) is 5.16. The van der Waals surface area contributed by atoms with Crippen molar-refractivity contribution in [1.82, 2.24) is 8.61 Å². The fourth-order valence-corrected chi connectivity index (χ4v) is 9.13. The molecule has 3 aliphatic rings. The van der Waals surface area contributed by atoms with E-state index in [1.165, 1.54) is 26.8 Å². The number of nitrogens with zero attached hydrogens (tertiary/aromatic N) is 2. The van der Waals surface area contributed by atoms with Gasteiger partial charge in [0.1, 0.15) is 11.6 Å². The summed E-state index contributed by atoms with van der Waals surface area (Å²) in [6.45, 7) is 4.01. The summed E-state index contributed by atoms with van der Waals surface area (Å²) in [4.78, 5) is 12.6. The zero-order valence-corrected chi connectivity index (χ0v) is 18.8. The average Bonchev–Trinajstić information content (AvgIpc) is 3.02. The van der Waals surface area contributed by atoms with E-state index >= 15 is 0 Å². The van der Waals surface area contributed by atoms with E-state index in [0.717, 1.165) is 12.5 Å².